The number of hydrogen-bond acceptors (Lipinski definition) is 3. The summed E-state index contributed by atoms with van der Waals surface area (Å²) in [7, 11) is -0.694. The van der Waals surface area contributed by atoms with Crippen LogP contribution in [0.15, 0.2) is 22.7 Å². The predicted molar refractivity (Wildman–Crippen MR) is 145 cm³/mol. The number of aryl methyl sites for hydroxylation is 1. The zero-order valence-corrected chi connectivity index (χ0v) is 25.4. The topological polar surface area (TPSA) is 52.5 Å². The fourth-order valence-corrected chi connectivity index (χ4v) is 5.72. The van der Waals surface area contributed by atoms with Gasteiger partial charge in [0, 0.05) is 33.4 Å². The van der Waals surface area contributed by atoms with Gasteiger partial charge in [-0.1, -0.05) is 50.2 Å². The highest BCUT2D eigenvalue weighted by Crippen LogP contribution is 2.49. The Morgan fingerprint density at radius 1 is 1.12 bits per heavy atom. The van der Waals surface area contributed by atoms with E-state index in [1.54, 1.807) is 0 Å². The van der Waals surface area contributed by atoms with E-state index in [-0.39, 0.29) is 11.5 Å². The van der Waals surface area contributed by atoms with E-state index in [2.05, 4.69) is 99.0 Å². The molecule has 0 aliphatic heterocycles. The van der Waals surface area contributed by atoms with Crippen LogP contribution in [0.3, 0.4) is 0 Å². The number of halogens is 1. The zero-order chi connectivity index (χ0) is 25.4. The minimum absolute atomic E-state index is 0.00926. The van der Waals surface area contributed by atoms with Gasteiger partial charge in [0.1, 0.15) is 5.60 Å². The quantitative estimate of drug-likeness (QED) is 0.374. The first-order valence-electron chi connectivity index (χ1n) is 12.0. The summed E-state index contributed by atoms with van der Waals surface area (Å²) in [5.74, 6) is 0.415. The number of benzene rings is 1. The van der Waals surface area contributed by atoms with Crippen LogP contribution in [0.25, 0.3) is 10.9 Å². The van der Waals surface area contributed by atoms with E-state index in [1.165, 1.54) is 10.9 Å². The average Bonchev–Trinajstić information content (AvgIpc) is 3.03. The van der Waals surface area contributed by atoms with Crippen LogP contribution in [0.5, 0.6) is 0 Å². The summed E-state index contributed by atoms with van der Waals surface area (Å²) in [4.78, 5) is 12.4. The molecule has 0 saturated heterocycles. The highest BCUT2D eigenvalue weighted by molar-refractivity contribution is 9.10. The van der Waals surface area contributed by atoms with E-state index >= 15 is 0 Å². The van der Waals surface area contributed by atoms with Crippen molar-refractivity contribution in [2.24, 2.45) is 11.3 Å². The van der Waals surface area contributed by atoms with Gasteiger partial charge in [-0.3, -0.25) is 0 Å². The molecule has 1 aromatic carbocycles. The van der Waals surface area contributed by atoms with Gasteiger partial charge in [-0.05, 0) is 71.2 Å². The van der Waals surface area contributed by atoms with Crippen LogP contribution in [0.1, 0.15) is 79.6 Å². The van der Waals surface area contributed by atoms with E-state index < -0.39 is 27.1 Å². The van der Waals surface area contributed by atoms with Crippen molar-refractivity contribution in [3.63, 3.8) is 0 Å². The lowest BCUT2D eigenvalue weighted by Crippen LogP contribution is -2.47. The minimum Gasteiger partial charge on any atom is -0.444 e. The number of carbonyl (C=O) groups is 1. The highest BCUT2D eigenvalue weighted by Gasteiger charge is 2.47. The summed E-state index contributed by atoms with van der Waals surface area (Å²) in [5, 5.41) is 4.13. The molecule has 0 aliphatic carbocycles. The number of nitrogens with one attached hydrogen (secondary N) is 1. The number of hydrogen-bond donors (Lipinski definition) is 1. The first-order chi connectivity index (χ1) is 15.0. The summed E-state index contributed by atoms with van der Waals surface area (Å²) in [6.07, 6.45) is -0.395. The SMILES string of the molecule is C[SiH2]OC(C)(c1cc2cc(Br)c(C)cc2n1[C@H](C)CNC(=O)OC(C)(C)C)C(C)(C)C(C)C. The third-order valence-electron chi connectivity index (χ3n) is 7.10. The second-order valence-corrected chi connectivity index (χ2v) is 12.9. The summed E-state index contributed by atoms with van der Waals surface area (Å²) in [6.45, 7) is 23.9. The van der Waals surface area contributed by atoms with Crippen molar-refractivity contribution in [1.29, 1.82) is 0 Å². The lowest BCUT2D eigenvalue weighted by molar-refractivity contribution is -0.0640. The highest BCUT2D eigenvalue weighted by atomic mass is 79.9. The molecule has 2 aromatic rings. The number of fused-ring (bicyclic) bond motifs is 1. The van der Waals surface area contributed by atoms with Gasteiger partial charge in [-0.2, -0.15) is 0 Å². The van der Waals surface area contributed by atoms with Crippen molar-refractivity contribution in [3.8, 4) is 0 Å². The minimum atomic E-state index is -0.694. The molecule has 0 aliphatic rings. The molecule has 1 amide bonds. The van der Waals surface area contributed by atoms with Crippen LogP contribution >= 0.6 is 15.9 Å². The van der Waals surface area contributed by atoms with Crippen molar-refractivity contribution in [1.82, 2.24) is 9.88 Å². The smallest absolute Gasteiger partial charge is 0.407 e. The van der Waals surface area contributed by atoms with Crippen LogP contribution in [0.4, 0.5) is 4.79 Å². The molecular weight excluding hydrogens is 496 g/mol. The molecule has 186 valence electrons. The van der Waals surface area contributed by atoms with Gasteiger partial charge in [0.15, 0.2) is 9.76 Å². The predicted octanol–water partition coefficient (Wildman–Crippen LogP) is 6.84. The van der Waals surface area contributed by atoms with Crippen LogP contribution in [0, 0.1) is 18.3 Å². The zero-order valence-electron chi connectivity index (χ0n) is 22.4. The fraction of sp³-hybridized carbons (Fsp3) is 0.654. The van der Waals surface area contributed by atoms with Crippen molar-refractivity contribution in [2.45, 2.75) is 93.0 Å². The maximum atomic E-state index is 12.4. The molecule has 0 spiro atoms. The van der Waals surface area contributed by atoms with E-state index in [0.717, 1.165) is 15.7 Å². The van der Waals surface area contributed by atoms with Gasteiger partial charge in [-0.25, -0.2) is 4.79 Å². The molecule has 1 unspecified atom stereocenters. The number of aromatic nitrogens is 1. The van der Waals surface area contributed by atoms with Crippen LogP contribution < -0.4 is 5.32 Å². The molecule has 0 radical (unpaired) electrons. The van der Waals surface area contributed by atoms with Gasteiger partial charge in [0.25, 0.3) is 0 Å². The van der Waals surface area contributed by atoms with E-state index in [0.29, 0.717) is 12.5 Å². The lowest BCUT2D eigenvalue weighted by atomic mass is 9.67. The Balaban J connectivity index is 2.65. The van der Waals surface area contributed by atoms with Crippen molar-refractivity contribution >= 4 is 42.7 Å². The van der Waals surface area contributed by atoms with Crippen LogP contribution in [0.2, 0.25) is 6.55 Å². The van der Waals surface area contributed by atoms with Gasteiger partial charge >= 0.3 is 6.09 Å². The molecule has 2 atom stereocenters. The van der Waals surface area contributed by atoms with Gasteiger partial charge < -0.3 is 19.0 Å². The number of alkyl carbamates (subject to hydrolysis) is 1. The van der Waals surface area contributed by atoms with E-state index in [4.69, 9.17) is 9.16 Å². The second kappa shape index (κ2) is 10.1. The molecule has 1 heterocycles. The molecule has 7 heteroatoms. The fourth-order valence-electron chi connectivity index (χ4n) is 4.26. The second-order valence-electron chi connectivity index (χ2n) is 11.1. The summed E-state index contributed by atoms with van der Waals surface area (Å²) >= 11 is 3.70. The van der Waals surface area contributed by atoms with Gasteiger partial charge in [-0.15, -0.1) is 0 Å². The van der Waals surface area contributed by atoms with E-state index in [9.17, 15) is 4.79 Å². The first-order valence-corrected chi connectivity index (χ1v) is 14.8. The molecule has 1 aromatic heterocycles. The number of nitrogens with zero attached hydrogens (tertiary/aromatic N) is 1. The Labute approximate surface area is 211 Å². The van der Waals surface area contributed by atoms with Gasteiger partial charge in [0.05, 0.1) is 11.3 Å². The number of carbonyl (C=O) groups excluding carboxylic acids is 1. The van der Waals surface area contributed by atoms with Crippen molar-refractivity contribution < 1.29 is 14.0 Å². The molecule has 0 fully saturated rings. The molecule has 1 N–H and O–H groups in total. The summed E-state index contributed by atoms with van der Waals surface area (Å²) in [6, 6.07) is 6.69. The Morgan fingerprint density at radius 3 is 2.24 bits per heavy atom. The number of ether oxygens (including phenoxy) is 1. The third-order valence-corrected chi connectivity index (χ3v) is 8.82. The summed E-state index contributed by atoms with van der Waals surface area (Å²) in [5.41, 5.74) is 2.38. The van der Waals surface area contributed by atoms with E-state index in [1.807, 2.05) is 20.8 Å². The molecule has 2 rings (SSSR count). The molecule has 33 heavy (non-hydrogen) atoms. The molecule has 0 saturated carbocycles. The Bertz CT molecular complexity index is 994. The van der Waals surface area contributed by atoms with Crippen molar-refractivity contribution in [2.75, 3.05) is 6.54 Å². The van der Waals surface area contributed by atoms with Crippen LogP contribution in [-0.4, -0.2) is 32.6 Å². The Hall–Kier alpha value is -1.31. The maximum absolute atomic E-state index is 12.4. The summed E-state index contributed by atoms with van der Waals surface area (Å²) < 4.78 is 15.6. The first kappa shape index (κ1) is 27.9. The average molecular weight is 540 g/mol. The Kier molecular flexibility index (Phi) is 8.57. The maximum Gasteiger partial charge on any atom is 0.407 e. The van der Waals surface area contributed by atoms with Gasteiger partial charge in [0.2, 0.25) is 0 Å². The number of rotatable bonds is 8. The largest absolute Gasteiger partial charge is 0.444 e. The van der Waals surface area contributed by atoms with Crippen molar-refractivity contribution in [3.05, 3.63) is 33.9 Å². The normalized spacial score (nSPS) is 15.9. The van der Waals surface area contributed by atoms with Crippen LogP contribution in [-0.2, 0) is 14.8 Å². The lowest BCUT2D eigenvalue weighted by Gasteiger charge is -2.48. The Morgan fingerprint density at radius 2 is 1.73 bits per heavy atom. The molecular formula is C26H43BrN2O3Si. The standard InChI is InChI=1S/C26H43BrN2O3Si/c1-16(2)25(8,9)26(10,32-33-11)22-14-19-13-20(27)17(3)12-21(19)29(22)18(4)15-28-23(30)31-24(5,6)7/h12-14,16,18H,15,33H2,1-11H3,(H,28,30)/t18-,26?/m1/s1. The molecule has 5 nitrogen and oxygen atoms in total. The third kappa shape index (κ3) is 5.85. The number of amides is 1. The molecule has 0 bridgehead atoms. The monoisotopic (exact) mass is 538 g/mol.